The van der Waals surface area contributed by atoms with Crippen molar-refractivity contribution in [1.82, 2.24) is 0 Å². The van der Waals surface area contributed by atoms with E-state index < -0.39 is 11.4 Å². The Morgan fingerprint density at radius 2 is 2.08 bits per heavy atom. The van der Waals surface area contributed by atoms with Crippen LogP contribution in [0.1, 0.15) is 12.5 Å². The molecule has 0 fully saturated rings. The monoisotopic (exact) mass is 182 g/mol. The minimum Gasteiger partial charge on any atom is -0.366 e. The number of carbonyl (C=O) groups excluding carboxylic acids is 1. The van der Waals surface area contributed by atoms with Crippen molar-refractivity contribution in [3.63, 3.8) is 0 Å². The van der Waals surface area contributed by atoms with Crippen molar-refractivity contribution in [1.29, 1.82) is 0 Å². The quantitative estimate of drug-likeness (QED) is 0.667. The smallest absolute Gasteiger partial charge is 0.156 e. The van der Waals surface area contributed by atoms with Crippen LogP contribution < -0.4 is 0 Å². The Morgan fingerprint density at radius 3 is 2.54 bits per heavy atom. The highest BCUT2D eigenvalue weighted by molar-refractivity contribution is 5.65. The van der Waals surface area contributed by atoms with Gasteiger partial charge in [0.05, 0.1) is 0 Å². The molecule has 0 saturated carbocycles. The fraction of sp³-hybridized carbons (Fsp3) is 0.300. The second-order valence-electron chi connectivity index (χ2n) is 2.91. The third-order valence-corrected chi connectivity index (χ3v) is 2.06. The van der Waals surface area contributed by atoms with Gasteiger partial charge in [0, 0.05) is 12.7 Å². The van der Waals surface area contributed by atoms with Crippen molar-refractivity contribution in [3.8, 4) is 0 Å². The van der Waals surface area contributed by atoms with E-state index in [0.717, 1.165) is 0 Å². The maximum absolute atomic E-state index is 13.2. The highest BCUT2D eigenvalue weighted by Gasteiger charge is 2.28. The largest absolute Gasteiger partial charge is 0.366 e. The van der Waals surface area contributed by atoms with Crippen LogP contribution in [0.15, 0.2) is 24.3 Å². The average Bonchev–Trinajstić information content (AvgIpc) is 2.17. The molecule has 3 heteroatoms. The van der Waals surface area contributed by atoms with Gasteiger partial charge in [0.15, 0.2) is 6.29 Å². The summed E-state index contributed by atoms with van der Waals surface area (Å²) in [5.41, 5.74) is -0.932. The summed E-state index contributed by atoms with van der Waals surface area (Å²) >= 11 is 0. The molecule has 0 aliphatic carbocycles. The molecule has 1 rings (SSSR count). The standard InChI is InChI=1S/C10H11FO2/c1-10(7-12,13-2)8-5-3-4-6-9(8)11/h3-7H,1-2H3. The lowest BCUT2D eigenvalue weighted by atomic mass is 9.97. The summed E-state index contributed by atoms with van der Waals surface area (Å²) in [6.07, 6.45) is 0.589. The van der Waals surface area contributed by atoms with Gasteiger partial charge in [-0.3, -0.25) is 4.79 Å². The molecular weight excluding hydrogens is 171 g/mol. The van der Waals surface area contributed by atoms with Gasteiger partial charge in [-0.25, -0.2) is 4.39 Å². The molecule has 0 heterocycles. The number of rotatable bonds is 3. The summed E-state index contributed by atoms with van der Waals surface area (Å²) in [5.74, 6) is -0.432. The molecule has 1 aromatic rings. The number of benzene rings is 1. The summed E-state index contributed by atoms with van der Waals surface area (Å²) in [6.45, 7) is 1.53. The number of aldehydes is 1. The SMILES string of the molecule is COC(C)(C=O)c1ccccc1F. The number of halogens is 1. The van der Waals surface area contributed by atoms with Crippen molar-refractivity contribution in [3.05, 3.63) is 35.6 Å². The van der Waals surface area contributed by atoms with Crippen LogP contribution in [0.5, 0.6) is 0 Å². The predicted molar refractivity (Wildman–Crippen MR) is 46.8 cm³/mol. The van der Waals surface area contributed by atoms with Crippen LogP contribution in [0.25, 0.3) is 0 Å². The highest BCUT2D eigenvalue weighted by Crippen LogP contribution is 2.24. The van der Waals surface area contributed by atoms with Crippen LogP contribution in [0.2, 0.25) is 0 Å². The minimum absolute atomic E-state index is 0.257. The van der Waals surface area contributed by atoms with Gasteiger partial charge < -0.3 is 4.74 Å². The molecule has 0 saturated heterocycles. The first-order chi connectivity index (χ1) is 6.14. The first-order valence-corrected chi connectivity index (χ1v) is 3.90. The van der Waals surface area contributed by atoms with Crippen LogP contribution in [-0.2, 0) is 15.1 Å². The van der Waals surface area contributed by atoms with Gasteiger partial charge in [-0.1, -0.05) is 18.2 Å². The zero-order valence-electron chi connectivity index (χ0n) is 7.58. The average molecular weight is 182 g/mol. The lowest BCUT2D eigenvalue weighted by molar-refractivity contribution is -0.126. The maximum atomic E-state index is 13.2. The van der Waals surface area contributed by atoms with Crippen LogP contribution in [0.4, 0.5) is 4.39 Å². The molecule has 0 radical (unpaired) electrons. The Bertz CT molecular complexity index is 312. The fourth-order valence-electron chi connectivity index (χ4n) is 1.09. The van der Waals surface area contributed by atoms with Crippen molar-refractivity contribution < 1.29 is 13.9 Å². The number of methoxy groups -OCH3 is 1. The van der Waals surface area contributed by atoms with E-state index in [1.807, 2.05) is 0 Å². The number of hydrogen-bond acceptors (Lipinski definition) is 2. The number of hydrogen-bond donors (Lipinski definition) is 0. The zero-order chi connectivity index (χ0) is 9.90. The van der Waals surface area contributed by atoms with Gasteiger partial charge in [-0.05, 0) is 13.0 Å². The minimum atomic E-state index is -1.19. The van der Waals surface area contributed by atoms with E-state index in [1.54, 1.807) is 12.1 Å². The topological polar surface area (TPSA) is 26.3 Å². The van der Waals surface area contributed by atoms with E-state index in [2.05, 4.69) is 0 Å². The van der Waals surface area contributed by atoms with Crippen LogP contribution in [-0.4, -0.2) is 13.4 Å². The Labute approximate surface area is 76.3 Å². The molecule has 0 amide bonds. The molecule has 0 aliphatic heterocycles. The second-order valence-corrected chi connectivity index (χ2v) is 2.91. The number of carbonyl (C=O) groups is 1. The van der Waals surface area contributed by atoms with Gasteiger partial charge in [-0.2, -0.15) is 0 Å². The van der Waals surface area contributed by atoms with Gasteiger partial charge in [0.25, 0.3) is 0 Å². The van der Waals surface area contributed by atoms with Crippen LogP contribution in [0, 0.1) is 5.82 Å². The Kier molecular flexibility index (Phi) is 2.78. The van der Waals surface area contributed by atoms with Gasteiger partial charge in [0.2, 0.25) is 0 Å². The van der Waals surface area contributed by atoms with Crippen molar-refractivity contribution in [2.75, 3.05) is 7.11 Å². The summed E-state index contributed by atoms with van der Waals surface area (Å²) < 4.78 is 18.2. The van der Waals surface area contributed by atoms with Crippen molar-refractivity contribution in [2.24, 2.45) is 0 Å². The summed E-state index contributed by atoms with van der Waals surface area (Å²) in [7, 11) is 1.38. The molecule has 0 spiro atoms. The van der Waals surface area contributed by atoms with E-state index >= 15 is 0 Å². The first-order valence-electron chi connectivity index (χ1n) is 3.90. The van der Waals surface area contributed by atoms with E-state index in [4.69, 9.17) is 4.74 Å². The summed E-state index contributed by atoms with van der Waals surface area (Å²) in [4.78, 5) is 10.7. The molecule has 1 atom stereocenters. The second kappa shape index (κ2) is 3.66. The lowest BCUT2D eigenvalue weighted by Crippen LogP contribution is -2.27. The van der Waals surface area contributed by atoms with E-state index in [-0.39, 0.29) is 5.56 Å². The van der Waals surface area contributed by atoms with Crippen LogP contribution >= 0.6 is 0 Å². The van der Waals surface area contributed by atoms with E-state index in [0.29, 0.717) is 6.29 Å². The van der Waals surface area contributed by atoms with Crippen LogP contribution in [0.3, 0.4) is 0 Å². The number of ether oxygens (including phenoxy) is 1. The third-order valence-electron chi connectivity index (χ3n) is 2.06. The normalized spacial score (nSPS) is 15.0. The third kappa shape index (κ3) is 1.75. The first kappa shape index (κ1) is 9.86. The summed E-state index contributed by atoms with van der Waals surface area (Å²) in [6, 6.07) is 6.07. The molecule has 0 aliphatic rings. The zero-order valence-corrected chi connectivity index (χ0v) is 7.58. The van der Waals surface area contributed by atoms with Crippen molar-refractivity contribution in [2.45, 2.75) is 12.5 Å². The molecule has 0 N–H and O–H groups in total. The molecule has 1 aromatic carbocycles. The predicted octanol–water partition coefficient (Wildman–Crippen LogP) is 1.89. The van der Waals surface area contributed by atoms with Gasteiger partial charge >= 0.3 is 0 Å². The Hall–Kier alpha value is -1.22. The molecular formula is C10H11FO2. The summed E-state index contributed by atoms with van der Waals surface area (Å²) in [5, 5.41) is 0. The van der Waals surface area contributed by atoms with Crippen molar-refractivity contribution >= 4 is 6.29 Å². The molecule has 0 aromatic heterocycles. The maximum Gasteiger partial charge on any atom is 0.156 e. The Morgan fingerprint density at radius 1 is 1.46 bits per heavy atom. The molecule has 70 valence electrons. The van der Waals surface area contributed by atoms with Gasteiger partial charge in [-0.15, -0.1) is 0 Å². The molecule has 13 heavy (non-hydrogen) atoms. The molecule has 0 bridgehead atoms. The fourth-order valence-corrected chi connectivity index (χ4v) is 1.09. The lowest BCUT2D eigenvalue weighted by Gasteiger charge is -2.21. The van der Waals surface area contributed by atoms with E-state index in [1.165, 1.54) is 26.2 Å². The highest BCUT2D eigenvalue weighted by atomic mass is 19.1. The van der Waals surface area contributed by atoms with Gasteiger partial charge in [0.1, 0.15) is 11.4 Å². The molecule has 2 nitrogen and oxygen atoms in total. The molecule has 1 unspecified atom stereocenters. The Balaban J connectivity index is 3.19. The van der Waals surface area contributed by atoms with E-state index in [9.17, 15) is 9.18 Å².